The molecule has 0 aliphatic carbocycles. The molecule has 1 rings (SSSR count). The van der Waals surface area contributed by atoms with Crippen LogP contribution in [0.3, 0.4) is 0 Å². The van der Waals surface area contributed by atoms with Gasteiger partial charge >= 0.3 is 0 Å². The largest absolute Gasteiger partial charge is 0.298 e. The van der Waals surface area contributed by atoms with Crippen molar-refractivity contribution >= 4 is 5.78 Å². The van der Waals surface area contributed by atoms with E-state index in [1.165, 1.54) is 25.7 Å². The summed E-state index contributed by atoms with van der Waals surface area (Å²) in [6.07, 6.45) is 6.15. The maximum atomic E-state index is 11.9. The molecule has 15 heavy (non-hydrogen) atoms. The molecule has 1 aliphatic rings. The van der Waals surface area contributed by atoms with Crippen molar-refractivity contribution in [1.29, 1.82) is 0 Å². The van der Waals surface area contributed by atoms with Crippen LogP contribution in [-0.4, -0.2) is 29.8 Å². The summed E-state index contributed by atoms with van der Waals surface area (Å²) in [5.74, 6) is 0.659. The van der Waals surface area contributed by atoms with Gasteiger partial charge in [-0.25, -0.2) is 0 Å². The second-order valence-corrected chi connectivity index (χ2v) is 4.94. The number of likely N-dealkylation sites (tertiary alicyclic amines) is 1. The van der Waals surface area contributed by atoms with Crippen LogP contribution in [0.5, 0.6) is 0 Å². The summed E-state index contributed by atoms with van der Waals surface area (Å²) >= 11 is 0. The Morgan fingerprint density at radius 3 is 2.80 bits per heavy atom. The van der Waals surface area contributed by atoms with Gasteiger partial charge in [0, 0.05) is 12.0 Å². The first-order valence-corrected chi connectivity index (χ1v) is 6.42. The van der Waals surface area contributed by atoms with Gasteiger partial charge in [0.05, 0.1) is 6.54 Å². The van der Waals surface area contributed by atoms with Gasteiger partial charge in [-0.1, -0.05) is 26.7 Å². The first-order valence-electron chi connectivity index (χ1n) is 6.42. The highest BCUT2D eigenvalue weighted by Gasteiger charge is 2.21. The van der Waals surface area contributed by atoms with E-state index in [1.807, 2.05) is 6.92 Å². The third-order valence-corrected chi connectivity index (χ3v) is 3.71. The fourth-order valence-electron chi connectivity index (χ4n) is 2.15. The Kier molecular flexibility index (Phi) is 5.30. The molecule has 2 atom stereocenters. The summed E-state index contributed by atoms with van der Waals surface area (Å²) in [7, 11) is 0. The number of carbonyl (C=O) groups is 1. The van der Waals surface area contributed by atoms with Gasteiger partial charge in [-0.15, -0.1) is 0 Å². The zero-order chi connectivity index (χ0) is 11.3. The molecule has 2 heteroatoms. The van der Waals surface area contributed by atoms with Crippen LogP contribution in [-0.2, 0) is 4.79 Å². The summed E-state index contributed by atoms with van der Waals surface area (Å²) in [6.45, 7) is 8.19. The standard InChI is InChI=1S/C13H25NO/c1-4-11(2)13(15)10-14-9-7-5-6-8-12(14)3/h11-12H,4-10H2,1-3H3. The molecular formula is C13H25NO. The summed E-state index contributed by atoms with van der Waals surface area (Å²) in [6, 6.07) is 0.598. The smallest absolute Gasteiger partial charge is 0.149 e. The fraction of sp³-hybridized carbons (Fsp3) is 0.923. The predicted molar refractivity (Wildman–Crippen MR) is 64.0 cm³/mol. The van der Waals surface area contributed by atoms with Crippen molar-refractivity contribution in [2.75, 3.05) is 13.1 Å². The van der Waals surface area contributed by atoms with Gasteiger partial charge < -0.3 is 0 Å². The Morgan fingerprint density at radius 1 is 1.40 bits per heavy atom. The maximum Gasteiger partial charge on any atom is 0.149 e. The van der Waals surface area contributed by atoms with Crippen LogP contribution in [0.2, 0.25) is 0 Å². The topological polar surface area (TPSA) is 20.3 Å². The molecule has 0 radical (unpaired) electrons. The first-order chi connectivity index (χ1) is 7.15. The Labute approximate surface area is 94.0 Å². The SMILES string of the molecule is CCC(C)C(=O)CN1CCCCCC1C. The van der Waals surface area contributed by atoms with Crippen LogP contribution in [0.25, 0.3) is 0 Å². The highest BCUT2D eigenvalue weighted by Crippen LogP contribution is 2.17. The molecule has 0 aromatic heterocycles. The molecule has 88 valence electrons. The van der Waals surface area contributed by atoms with Crippen molar-refractivity contribution in [3.05, 3.63) is 0 Å². The number of ketones is 1. The summed E-state index contributed by atoms with van der Waals surface area (Å²) < 4.78 is 0. The highest BCUT2D eigenvalue weighted by atomic mass is 16.1. The molecule has 0 bridgehead atoms. The van der Waals surface area contributed by atoms with E-state index >= 15 is 0 Å². The molecule has 1 heterocycles. The van der Waals surface area contributed by atoms with Crippen molar-refractivity contribution in [1.82, 2.24) is 4.90 Å². The maximum absolute atomic E-state index is 11.9. The number of nitrogens with zero attached hydrogens (tertiary/aromatic N) is 1. The molecule has 0 spiro atoms. The third kappa shape index (κ3) is 3.94. The molecule has 1 fully saturated rings. The normalized spacial score (nSPS) is 25.9. The van der Waals surface area contributed by atoms with Crippen LogP contribution in [0.4, 0.5) is 0 Å². The van der Waals surface area contributed by atoms with Gasteiger partial charge in [-0.2, -0.15) is 0 Å². The van der Waals surface area contributed by atoms with Gasteiger partial charge in [-0.3, -0.25) is 9.69 Å². The fourth-order valence-corrected chi connectivity index (χ4v) is 2.15. The highest BCUT2D eigenvalue weighted by molar-refractivity contribution is 5.82. The molecular weight excluding hydrogens is 186 g/mol. The average molecular weight is 211 g/mol. The molecule has 0 amide bonds. The van der Waals surface area contributed by atoms with E-state index in [-0.39, 0.29) is 5.92 Å². The zero-order valence-corrected chi connectivity index (χ0v) is 10.5. The van der Waals surface area contributed by atoms with Gasteiger partial charge in [0.2, 0.25) is 0 Å². The minimum absolute atomic E-state index is 0.237. The Bertz CT molecular complexity index is 203. The van der Waals surface area contributed by atoms with Crippen LogP contribution in [0, 0.1) is 5.92 Å². The van der Waals surface area contributed by atoms with Gasteiger partial charge in [0.1, 0.15) is 5.78 Å². The summed E-state index contributed by atoms with van der Waals surface area (Å²) in [4.78, 5) is 14.2. The monoisotopic (exact) mass is 211 g/mol. The first kappa shape index (κ1) is 12.7. The molecule has 0 saturated carbocycles. The van der Waals surface area contributed by atoms with E-state index in [0.717, 1.165) is 13.0 Å². The molecule has 0 aromatic carbocycles. The molecule has 0 N–H and O–H groups in total. The predicted octanol–water partition coefficient (Wildman–Crippen LogP) is 2.87. The van der Waals surface area contributed by atoms with E-state index < -0.39 is 0 Å². The van der Waals surface area contributed by atoms with Crippen LogP contribution in [0.15, 0.2) is 0 Å². The molecule has 2 nitrogen and oxygen atoms in total. The number of hydrogen-bond donors (Lipinski definition) is 0. The van der Waals surface area contributed by atoms with E-state index in [0.29, 0.717) is 18.4 Å². The quantitative estimate of drug-likeness (QED) is 0.712. The average Bonchev–Trinajstić information content (AvgIpc) is 2.43. The number of Topliss-reactive ketones (excluding diaryl/α,β-unsaturated/α-hetero) is 1. The number of carbonyl (C=O) groups excluding carboxylic acids is 1. The molecule has 2 unspecified atom stereocenters. The van der Waals surface area contributed by atoms with E-state index in [9.17, 15) is 4.79 Å². The lowest BCUT2D eigenvalue weighted by atomic mass is 10.0. The van der Waals surface area contributed by atoms with E-state index in [4.69, 9.17) is 0 Å². The second-order valence-electron chi connectivity index (χ2n) is 4.94. The molecule has 1 aliphatic heterocycles. The Morgan fingerprint density at radius 2 is 2.13 bits per heavy atom. The van der Waals surface area contributed by atoms with Crippen LogP contribution in [0.1, 0.15) is 52.9 Å². The van der Waals surface area contributed by atoms with E-state index in [1.54, 1.807) is 0 Å². The summed E-state index contributed by atoms with van der Waals surface area (Å²) in [5.41, 5.74) is 0. The van der Waals surface area contributed by atoms with Gasteiger partial charge in [0.15, 0.2) is 0 Å². The number of rotatable bonds is 4. The third-order valence-electron chi connectivity index (χ3n) is 3.71. The molecule has 1 saturated heterocycles. The Hall–Kier alpha value is -0.370. The van der Waals surface area contributed by atoms with Crippen LogP contribution < -0.4 is 0 Å². The van der Waals surface area contributed by atoms with Gasteiger partial charge in [0.25, 0.3) is 0 Å². The van der Waals surface area contributed by atoms with E-state index in [2.05, 4.69) is 18.7 Å². The van der Waals surface area contributed by atoms with Crippen molar-refractivity contribution in [2.24, 2.45) is 5.92 Å². The molecule has 0 aromatic rings. The zero-order valence-electron chi connectivity index (χ0n) is 10.5. The number of hydrogen-bond acceptors (Lipinski definition) is 2. The van der Waals surface area contributed by atoms with Crippen molar-refractivity contribution in [3.63, 3.8) is 0 Å². The minimum Gasteiger partial charge on any atom is -0.298 e. The van der Waals surface area contributed by atoms with Crippen molar-refractivity contribution in [3.8, 4) is 0 Å². The van der Waals surface area contributed by atoms with Crippen molar-refractivity contribution < 1.29 is 4.79 Å². The Balaban J connectivity index is 2.44. The van der Waals surface area contributed by atoms with Gasteiger partial charge in [-0.05, 0) is 32.7 Å². The lowest BCUT2D eigenvalue weighted by Gasteiger charge is -2.27. The second kappa shape index (κ2) is 6.26. The minimum atomic E-state index is 0.237. The van der Waals surface area contributed by atoms with Crippen molar-refractivity contribution in [2.45, 2.75) is 58.9 Å². The lowest BCUT2D eigenvalue weighted by Crippen LogP contribution is -2.38. The van der Waals surface area contributed by atoms with Crippen LogP contribution >= 0.6 is 0 Å². The lowest BCUT2D eigenvalue weighted by molar-refractivity contribution is -0.124. The summed E-state index contributed by atoms with van der Waals surface area (Å²) in [5, 5.41) is 0.